The maximum atomic E-state index is 11.7. The summed E-state index contributed by atoms with van der Waals surface area (Å²) in [7, 11) is 0. The molecule has 0 unspecified atom stereocenters. The smallest absolute Gasteiger partial charge is 0.341 e. The van der Waals surface area contributed by atoms with Crippen LogP contribution in [0.25, 0.3) is 10.9 Å². The highest BCUT2D eigenvalue weighted by molar-refractivity contribution is 9.10. The number of nitrogens with zero attached hydrogens (tertiary/aromatic N) is 2. The zero-order chi connectivity index (χ0) is 15.1. The monoisotopic (exact) mass is 338 g/mol. The quantitative estimate of drug-likeness (QED) is 0.271. The molecule has 0 saturated carbocycles. The van der Waals surface area contributed by atoms with Gasteiger partial charge in [-0.1, -0.05) is 15.9 Å². The molecule has 0 heterocycles. The van der Waals surface area contributed by atoms with E-state index in [4.69, 9.17) is 11.3 Å². The molecule has 0 aromatic heterocycles. The summed E-state index contributed by atoms with van der Waals surface area (Å²) in [5, 5.41) is 11.0. The van der Waals surface area contributed by atoms with Gasteiger partial charge >= 0.3 is 5.97 Å². The van der Waals surface area contributed by atoms with E-state index in [0.29, 0.717) is 4.47 Å². The first-order valence-corrected chi connectivity index (χ1v) is 6.43. The van der Waals surface area contributed by atoms with Gasteiger partial charge < -0.3 is 9.58 Å². The van der Waals surface area contributed by atoms with Gasteiger partial charge in [0.15, 0.2) is 0 Å². The lowest BCUT2D eigenvalue weighted by Crippen LogP contribution is -2.09. The Kier molecular flexibility index (Phi) is 5.87. The topological polar surface area (TPSA) is 73.8 Å². The summed E-state index contributed by atoms with van der Waals surface area (Å²) in [6.45, 7) is 8.47. The first-order chi connectivity index (χ1) is 9.49. The largest absolute Gasteiger partial charge is 0.462 e. The van der Waals surface area contributed by atoms with Crippen LogP contribution in [-0.4, -0.2) is 24.0 Å². The molecule has 0 bridgehead atoms. The fraction of sp³-hybridized carbons (Fsp3) is 0.231. The van der Waals surface area contributed by atoms with Crippen molar-refractivity contribution < 1.29 is 14.5 Å². The Hall–Kier alpha value is -2.20. The summed E-state index contributed by atoms with van der Waals surface area (Å²) in [4.78, 5) is 25.2. The van der Waals surface area contributed by atoms with Crippen molar-refractivity contribution in [3.05, 3.63) is 55.3 Å². The maximum absolute atomic E-state index is 11.7. The first-order valence-electron chi connectivity index (χ1n) is 5.64. The van der Waals surface area contributed by atoms with Gasteiger partial charge in [0.1, 0.15) is 5.57 Å². The second-order valence-electron chi connectivity index (χ2n) is 3.67. The third-order valence-electron chi connectivity index (χ3n) is 2.31. The van der Waals surface area contributed by atoms with Crippen molar-refractivity contribution in [3.63, 3.8) is 0 Å². The molecule has 0 aliphatic carbocycles. The van der Waals surface area contributed by atoms with E-state index in [1.165, 1.54) is 18.2 Å². The lowest BCUT2D eigenvalue weighted by Gasteiger charge is -2.03. The molecule has 0 N–H and O–H groups in total. The van der Waals surface area contributed by atoms with Gasteiger partial charge in [-0.15, -0.1) is 0 Å². The number of hydrogen-bond acceptors (Lipinski definition) is 4. The fourth-order valence-corrected chi connectivity index (χ4v) is 1.81. The third kappa shape index (κ3) is 4.17. The number of esters is 1. The van der Waals surface area contributed by atoms with Gasteiger partial charge in [0.25, 0.3) is 5.69 Å². The van der Waals surface area contributed by atoms with Crippen molar-refractivity contribution in [3.8, 4) is 0 Å². The molecule has 0 atom stereocenters. The average molecular weight is 339 g/mol. The number of carbonyl (C=O) groups excluding carboxylic acids is 1. The summed E-state index contributed by atoms with van der Waals surface area (Å²) in [5.74, 6) is -0.638. The summed E-state index contributed by atoms with van der Waals surface area (Å²) in [6, 6.07) is 4.47. The number of halogens is 1. The molecule has 7 heteroatoms. The van der Waals surface area contributed by atoms with Crippen LogP contribution in [0.15, 0.2) is 28.2 Å². The molecule has 104 valence electrons. The third-order valence-corrected chi connectivity index (χ3v) is 2.80. The number of rotatable bonds is 5. The normalized spacial score (nSPS) is 10.8. The minimum Gasteiger partial charge on any atom is -0.462 e. The van der Waals surface area contributed by atoms with Crippen molar-refractivity contribution in [1.29, 1.82) is 0 Å². The van der Waals surface area contributed by atoms with Crippen LogP contribution in [0.5, 0.6) is 0 Å². The Labute approximate surface area is 124 Å². The number of nitro groups is 1. The molecule has 0 fully saturated rings. The molecule has 0 aliphatic heterocycles. The molecular weight excluding hydrogens is 328 g/mol. The second-order valence-corrected chi connectivity index (χ2v) is 4.58. The molecule has 0 saturated heterocycles. The molecule has 1 rings (SSSR count). The standard InChI is InChI=1S/C13H11BrN2O4/c1-3-20-13(17)10(8-15-2)6-9-4-5-11(14)7-12(9)16(18)19/h4-7H,3,8H2,1H3/b10-6-. The van der Waals surface area contributed by atoms with E-state index >= 15 is 0 Å². The van der Waals surface area contributed by atoms with Crippen LogP contribution in [-0.2, 0) is 9.53 Å². The van der Waals surface area contributed by atoms with Crippen LogP contribution in [0.2, 0.25) is 0 Å². The number of carbonyl (C=O) groups is 1. The predicted molar refractivity (Wildman–Crippen MR) is 76.9 cm³/mol. The molecule has 20 heavy (non-hydrogen) atoms. The fourth-order valence-electron chi connectivity index (χ4n) is 1.46. The van der Waals surface area contributed by atoms with E-state index in [1.54, 1.807) is 13.0 Å². The Balaban J connectivity index is 3.27. The highest BCUT2D eigenvalue weighted by Crippen LogP contribution is 2.25. The lowest BCUT2D eigenvalue weighted by atomic mass is 10.1. The van der Waals surface area contributed by atoms with Crippen LogP contribution in [0.4, 0.5) is 5.69 Å². The molecule has 0 spiro atoms. The van der Waals surface area contributed by atoms with Crippen LogP contribution in [0.3, 0.4) is 0 Å². The number of nitro benzene ring substituents is 1. The van der Waals surface area contributed by atoms with Gasteiger partial charge in [-0.25, -0.2) is 11.4 Å². The number of ether oxygens (including phenoxy) is 1. The first kappa shape index (κ1) is 15.9. The summed E-state index contributed by atoms with van der Waals surface area (Å²) in [5.41, 5.74) is 0.198. The Morgan fingerprint density at radius 3 is 2.85 bits per heavy atom. The molecule has 1 aromatic carbocycles. The minimum absolute atomic E-state index is 0.0901. The molecule has 6 nitrogen and oxygen atoms in total. The molecule has 1 aromatic rings. The Bertz CT molecular complexity index is 605. The SMILES string of the molecule is [C-]#[N+]C/C(=C/c1ccc(Br)cc1[N+](=O)[O-])C(=O)OCC. The van der Waals surface area contributed by atoms with Crippen molar-refractivity contribution >= 4 is 33.7 Å². The van der Waals surface area contributed by atoms with Gasteiger partial charge in [-0.05, 0) is 25.1 Å². The van der Waals surface area contributed by atoms with Crippen molar-refractivity contribution in [2.45, 2.75) is 6.92 Å². The minimum atomic E-state index is -0.638. The van der Waals surface area contributed by atoms with Crippen LogP contribution in [0.1, 0.15) is 12.5 Å². The van der Waals surface area contributed by atoms with E-state index in [0.717, 1.165) is 0 Å². The van der Waals surface area contributed by atoms with Crippen LogP contribution in [0, 0.1) is 16.7 Å². The van der Waals surface area contributed by atoms with E-state index in [-0.39, 0.29) is 30.0 Å². The van der Waals surface area contributed by atoms with Crippen molar-refractivity contribution in [1.82, 2.24) is 0 Å². The maximum Gasteiger partial charge on any atom is 0.341 e. The van der Waals surface area contributed by atoms with E-state index in [2.05, 4.69) is 20.8 Å². The second kappa shape index (κ2) is 7.40. The lowest BCUT2D eigenvalue weighted by molar-refractivity contribution is -0.385. The number of hydrogen-bond donors (Lipinski definition) is 0. The van der Waals surface area contributed by atoms with Crippen LogP contribution >= 0.6 is 15.9 Å². The van der Waals surface area contributed by atoms with E-state index in [1.807, 2.05) is 0 Å². The molecule has 0 aliphatic rings. The zero-order valence-corrected chi connectivity index (χ0v) is 12.2. The summed E-state index contributed by atoms with van der Waals surface area (Å²) < 4.78 is 5.38. The van der Waals surface area contributed by atoms with Gasteiger partial charge in [-0.3, -0.25) is 10.1 Å². The van der Waals surface area contributed by atoms with E-state index < -0.39 is 10.9 Å². The Morgan fingerprint density at radius 2 is 2.30 bits per heavy atom. The predicted octanol–water partition coefficient (Wildman–Crippen LogP) is 3.22. The molecule has 0 radical (unpaired) electrons. The van der Waals surface area contributed by atoms with Crippen molar-refractivity contribution in [2.75, 3.05) is 13.2 Å². The summed E-state index contributed by atoms with van der Waals surface area (Å²) >= 11 is 3.15. The Morgan fingerprint density at radius 1 is 1.60 bits per heavy atom. The van der Waals surface area contributed by atoms with Gasteiger partial charge in [0.2, 0.25) is 6.54 Å². The van der Waals surface area contributed by atoms with E-state index in [9.17, 15) is 14.9 Å². The average Bonchev–Trinajstić information content (AvgIpc) is 2.40. The van der Waals surface area contributed by atoms with Gasteiger partial charge in [0.05, 0.1) is 17.1 Å². The summed E-state index contributed by atoms with van der Waals surface area (Å²) in [6.07, 6.45) is 1.32. The molecule has 0 amide bonds. The molecular formula is C13H11BrN2O4. The number of benzene rings is 1. The van der Waals surface area contributed by atoms with Gasteiger partial charge in [-0.2, -0.15) is 0 Å². The highest BCUT2D eigenvalue weighted by atomic mass is 79.9. The van der Waals surface area contributed by atoms with Crippen LogP contribution < -0.4 is 0 Å². The zero-order valence-electron chi connectivity index (χ0n) is 10.6. The van der Waals surface area contributed by atoms with Crippen molar-refractivity contribution in [2.24, 2.45) is 0 Å². The highest BCUT2D eigenvalue weighted by Gasteiger charge is 2.18. The van der Waals surface area contributed by atoms with Gasteiger partial charge in [0, 0.05) is 10.5 Å².